The highest BCUT2D eigenvalue weighted by Gasteiger charge is 2.12. The molecule has 0 aliphatic heterocycles. The van der Waals surface area contributed by atoms with Crippen molar-refractivity contribution in [3.8, 4) is 0 Å². The van der Waals surface area contributed by atoms with E-state index in [1.54, 1.807) is 12.4 Å². The molecule has 0 aliphatic carbocycles. The fourth-order valence-electron chi connectivity index (χ4n) is 1.65. The highest BCUT2D eigenvalue weighted by molar-refractivity contribution is 7.21. The van der Waals surface area contributed by atoms with Gasteiger partial charge in [0.2, 0.25) is 5.78 Å². The lowest BCUT2D eigenvalue weighted by Gasteiger charge is -1.94. The van der Waals surface area contributed by atoms with Crippen LogP contribution in [0.3, 0.4) is 0 Å². The van der Waals surface area contributed by atoms with Crippen LogP contribution >= 0.6 is 11.3 Å². The highest BCUT2D eigenvalue weighted by atomic mass is 32.1. The number of benzene rings is 1. The Morgan fingerprint density at radius 3 is 2.65 bits per heavy atom. The molecule has 0 saturated heterocycles. The van der Waals surface area contributed by atoms with E-state index in [2.05, 4.69) is 9.97 Å². The van der Waals surface area contributed by atoms with Gasteiger partial charge in [-0.3, -0.25) is 4.79 Å². The maximum absolute atomic E-state index is 12.1. The normalized spacial score (nSPS) is 10.6. The second kappa shape index (κ2) is 4.07. The molecule has 4 heteroatoms. The van der Waals surface area contributed by atoms with Gasteiger partial charge in [0.15, 0.2) is 0 Å². The molecule has 0 fully saturated rings. The number of hydrogen-bond donors (Lipinski definition) is 0. The Morgan fingerprint density at radius 1 is 1.12 bits per heavy atom. The van der Waals surface area contributed by atoms with Gasteiger partial charge in [-0.25, -0.2) is 9.97 Å². The largest absolute Gasteiger partial charge is 0.288 e. The third kappa shape index (κ3) is 1.83. The standard InChI is InChI=1S/C13H8N2OS/c16-13(10-6-14-8-15-7-10)12-5-9-3-1-2-4-11(9)17-12/h1-8H. The molecule has 1 aromatic carbocycles. The van der Waals surface area contributed by atoms with Crippen LogP contribution in [0.25, 0.3) is 10.1 Å². The van der Waals surface area contributed by atoms with Crippen molar-refractivity contribution in [2.75, 3.05) is 0 Å². The number of rotatable bonds is 2. The van der Waals surface area contributed by atoms with Crippen molar-refractivity contribution in [2.45, 2.75) is 0 Å². The molecule has 0 amide bonds. The van der Waals surface area contributed by atoms with E-state index in [0.717, 1.165) is 15.0 Å². The number of carbonyl (C=O) groups excluding carboxylic acids is 1. The summed E-state index contributed by atoms with van der Waals surface area (Å²) >= 11 is 1.50. The average molecular weight is 240 g/mol. The molecule has 3 rings (SSSR count). The summed E-state index contributed by atoms with van der Waals surface area (Å²) in [6.07, 6.45) is 4.50. The Bertz CT molecular complexity index is 643. The number of nitrogens with zero attached hydrogens (tertiary/aromatic N) is 2. The summed E-state index contributed by atoms with van der Waals surface area (Å²) in [5, 5.41) is 1.10. The first-order chi connectivity index (χ1) is 8.34. The van der Waals surface area contributed by atoms with Crippen molar-refractivity contribution < 1.29 is 4.79 Å². The average Bonchev–Trinajstić information content (AvgIpc) is 2.82. The second-order valence-corrected chi connectivity index (χ2v) is 4.69. The van der Waals surface area contributed by atoms with Crippen LogP contribution in [0.2, 0.25) is 0 Å². The smallest absolute Gasteiger partial charge is 0.206 e. The minimum absolute atomic E-state index is 0.0215. The van der Waals surface area contributed by atoms with Gasteiger partial charge in [0.25, 0.3) is 0 Å². The fraction of sp³-hybridized carbons (Fsp3) is 0. The van der Waals surface area contributed by atoms with Crippen molar-refractivity contribution in [3.05, 3.63) is 59.5 Å². The highest BCUT2D eigenvalue weighted by Crippen LogP contribution is 2.26. The van der Waals surface area contributed by atoms with E-state index < -0.39 is 0 Å². The zero-order valence-electron chi connectivity index (χ0n) is 8.83. The Balaban J connectivity index is 2.07. The van der Waals surface area contributed by atoms with Gasteiger partial charge in [-0.05, 0) is 17.5 Å². The molecule has 0 N–H and O–H groups in total. The summed E-state index contributed by atoms with van der Waals surface area (Å²) in [5.41, 5.74) is 0.527. The van der Waals surface area contributed by atoms with Gasteiger partial charge in [-0.15, -0.1) is 11.3 Å². The lowest BCUT2D eigenvalue weighted by Crippen LogP contribution is -1.99. The predicted molar refractivity (Wildman–Crippen MR) is 67.3 cm³/mol. The van der Waals surface area contributed by atoms with Crippen LogP contribution in [0.1, 0.15) is 15.2 Å². The van der Waals surface area contributed by atoms with Crippen LogP contribution in [0.15, 0.2) is 49.1 Å². The molecule has 82 valence electrons. The van der Waals surface area contributed by atoms with E-state index in [1.165, 1.54) is 17.7 Å². The lowest BCUT2D eigenvalue weighted by molar-refractivity contribution is 0.104. The third-order valence-electron chi connectivity index (χ3n) is 2.47. The number of ketones is 1. The molecule has 0 saturated carbocycles. The Labute approximate surface area is 102 Å². The van der Waals surface area contributed by atoms with E-state index in [4.69, 9.17) is 0 Å². The molecular formula is C13H8N2OS. The van der Waals surface area contributed by atoms with Crippen molar-refractivity contribution in [1.82, 2.24) is 9.97 Å². The van der Waals surface area contributed by atoms with Crippen molar-refractivity contribution in [3.63, 3.8) is 0 Å². The first kappa shape index (κ1) is 10.1. The molecule has 0 bridgehead atoms. The SMILES string of the molecule is O=C(c1cncnc1)c1cc2ccccc2s1. The summed E-state index contributed by atoms with van der Waals surface area (Å²) in [4.78, 5) is 20.6. The number of fused-ring (bicyclic) bond motifs is 1. The molecule has 3 aromatic rings. The van der Waals surface area contributed by atoms with Gasteiger partial charge in [0, 0.05) is 17.1 Å². The fourth-order valence-corrected chi connectivity index (χ4v) is 2.68. The summed E-state index contributed by atoms with van der Waals surface area (Å²) in [7, 11) is 0. The van der Waals surface area contributed by atoms with Crippen LogP contribution in [0.4, 0.5) is 0 Å². The van der Waals surface area contributed by atoms with E-state index in [0.29, 0.717) is 5.56 Å². The number of aromatic nitrogens is 2. The monoisotopic (exact) mass is 240 g/mol. The van der Waals surface area contributed by atoms with E-state index in [9.17, 15) is 4.79 Å². The maximum Gasteiger partial charge on any atom is 0.206 e. The number of carbonyl (C=O) groups is 1. The molecule has 0 radical (unpaired) electrons. The Kier molecular flexibility index (Phi) is 2.42. The molecule has 0 spiro atoms. The summed E-state index contributed by atoms with van der Waals surface area (Å²) in [6, 6.07) is 9.87. The van der Waals surface area contributed by atoms with Crippen molar-refractivity contribution >= 4 is 27.2 Å². The Hall–Kier alpha value is -2.07. The van der Waals surface area contributed by atoms with Gasteiger partial charge < -0.3 is 0 Å². The van der Waals surface area contributed by atoms with Gasteiger partial charge in [0.1, 0.15) is 6.33 Å². The number of thiophene rings is 1. The molecule has 3 nitrogen and oxygen atoms in total. The van der Waals surface area contributed by atoms with Crippen LogP contribution in [0.5, 0.6) is 0 Å². The van der Waals surface area contributed by atoms with Gasteiger partial charge in [-0.2, -0.15) is 0 Å². The summed E-state index contributed by atoms with van der Waals surface area (Å²) < 4.78 is 1.12. The first-order valence-electron chi connectivity index (χ1n) is 5.13. The van der Waals surface area contributed by atoms with Crippen LogP contribution in [-0.4, -0.2) is 15.8 Å². The maximum atomic E-state index is 12.1. The van der Waals surface area contributed by atoms with Gasteiger partial charge >= 0.3 is 0 Å². The lowest BCUT2D eigenvalue weighted by atomic mass is 10.2. The molecule has 2 aromatic heterocycles. The quantitative estimate of drug-likeness (QED) is 0.647. The van der Waals surface area contributed by atoms with E-state index in [-0.39, 0.29) is 5.78 Å². The minimum atomic E-state index is -0.0215. The van der Waals surface area contributed by atoms with E-state index >= 15 is 0 Å². The molecular weight excluding hydrogens is 232 g/mol. The molecule has 2 heterocycles. The zero-order valence-corrected chi connectivity index (χ0v) is 9.65. The zero-order chi connectivity index (χ0) is 11.7. The van der Waals surface area contributed by atoms with Crippen LogP contribution in [0, 0.1) is 0 Å². The molecule has 0 unspecified atom stereocenters. The van der Waals surface area contributed by atoms with E-state index in [1.807, 2.05) is 30.3 Å². The van der Waals surface area contributed by atoms with Crippen LogP contribution in [-0.2, 0) is 0 Å². The molecule has 0 aliphatic rings. The summed E-state index contributed by atoms with van der Waals surface area (Å²) in [5.74, 6) is -0.0215. The Morgan fingerprint density at radius 2 is 1.88 bits per heavy atom. The molecule has 0 atom stereocenters. The van der Waals surface area contributed by atoms with Gasteiger partial charge in [0.05, 0.1) is 10.4 Å². The van der Waals surface area contributed by atoms with Gasteiger partial charge in [-0.1, -0.05) is 18.2 Å². The van der Waals surface area contributed by atoms with Crippen LogP contribution < -0.4 is 0 Å². The first-order valence-corrected chi connectivity index (χ1v) is 5.94. The summed E-state index contributed by atoms with van der Waals surface area (Å²) in [6.45, 7) is 0. The van der Waals surface area contributed by atoms with Crippen molar-refractivity contribution in [2.24, 2.45) is 0 Å². The molecule has 17 heavy (non-hydrogen) atoms. The topological polar surface area (TPSA) is 42.9 Å². The second-order valence-electron chi connectivity index (χ2n) is 3.60. The minimum Gasteiger partial charge on any atom is -0.288 e. The third-order valence-corrected chi connectivity index (χ3v) is 3.59. The number of hydrogen-bond acceptors (Lipinski definition) is 4. The van der Waals surface area contributed by atoms with Crippen molar-refractivity contribution in [1.29, 1.82) is 0 Å². The predicted octanol–water partition coefficient (Wildman–Crippen LogP) is 2.92.